The maximum absolute atomic E-state index is 12.5. The average Bonchev–Trinajstić information content (AvgIpc) is 3.12. The lowest BCUT2D eigenvalue weighted by Crippen LogP contribution is -2.55. The van der Waals surface area contributed by atoms with Crippen LogP contribution in [0.25, 0.3) is 0 Å². The summed E-state index contributed by atoms with van der Waals surface area (Å²) in [7, 11) is 1.35. The van der Waals surface area contributed by atoms with Crippen molar-refractivity contribution in [3.05, 3.63) is 59.7 Å². The highest BCUT2D eigenvalue weighted by atomic mass is 16.5. The quantitative estimate of drug-likeness (QED) is 0.656. The van der Waals surface area contributed by atoms with Gasteiger partial charge in [0.25, 0.3) is 11.8 Å². The molecule has 2 aromatic rings. The van der Waals surface area contributed by atoms with E-state index in [1.165, 1.54) is 26.2 Å². The Bertz CT molecular complexity index is 919. The SMILES string of the molecule is COCC(C)(NC(=O)c1cccc(NC(=O)C2Cc3ccccc3O2)c1)C(=O)O. The maximum Gasteiger partial charge on any atom is 0.331 e. The zero-order chi connectivity index (χ0) is 21.0. The molecule has 0 bridgehead atoms. The molecule has 3 N–H and O–H groups in total. The number of rotatable bonds is 7. The van der Waals surface area contributed by atoms with Crippen molar-refractivity contribution < 1.29 is 29.0 Å². The number of carbonyl (C=O) groups excluding carboxylic acids is 2. The first-order chi connectivity index (χ1) is 13.8. The Labute approximate surface area is 167 Å². The second kappa shape index (κ2) is 8.32. The number of amides is 2. The summed E-state index contributed by atoms with van der Waals surface area (Å²) in [5.74, 6) is -1.44. The van der Waals surface area contributed by atoms with Crippen LogP contribution < -0.4 is 15.4 Å². The summed E-state index contributed by atoms with van der Waals surface area (Å²) in [5, 5.41) is 14.6. The molecular formula is C21H22N2O6. The minimum Gasteiger partial charge on any atom is -0.480 e. The lowest BCUT2D eigenvalue weighted by Gasteiger charge is -2.25. The van der Waals surface area contributed by atoms with Crippen LogP contribution in [0, 0.1) is 0 Å². The zero-order valence-corrected chi connectivity index (χ0v) is 16.1. The Morgan fingerprint density at radius 2 is 1.97 bits per heavy atom. The molecule has 0 aromatic heterocycles. The Morgan fingerprint density at radius 1 is 1.21 bits per heavy atom. The fraction of sp³-hybridized carbons (Fsp3) is 0.286. The maximum atomic E-state index is 12.5. The van der Waals surface area contributed by atoms with Crippen LogP contribution in [0.4, 0.5) is 5.69 Å². The van der Waals surface area contributed by atoms with Gasteiger partial charge >= 0.3 is 5.97 Å². The highest BCUT2D eigenvalue weighted by Gasteiger charge is 2.35. The fourth-order valence-electron chi connectivity index (χ4n) is 3.05. The third kappa shape index (κ3) is 4.55. The number of methoxy groups -OCH3 is 1. The fourth-order valence-corrected chi connectivity index (χ4v) is 3.05. The molecule has 1 aliphatic rings. The van der Waals surface area contributed by atoms with Crippen LogP contribution in [0.3, 0.4) is 0 Å². The molecule has 8 heteroatoms. The number of fused-ring (bicyclic) bond motifs is 1. The summed E-state index contributed by atoms with van der Waals surface area (Å²) < 4.78 is 10.6. The second-order valence-corrected chi connectivity index (χ2v) is 7.01. The van der Waals surface area contributed by atoms with Gasteiger partial charge in [-0.2, -0.15) is 0 Å². The van der Waals surface area contributed by atoms with Gasteiger partial charge in [0.1, 0.15) is 5.75 Å². The monoisotopic (exact) mass is 398 g/mol. The van der Waals surface area contributed by atoms with Gasteiger partial charge in [0, 0.05) is 24.8 Å². The van der Waals surface area contributed by atoms with E-state index in [1.807, 2.05) is 24.3 Å². The van der Waals surface area contributed by atoms with Crippen LogP contribution in [-0.2, 0) is 20.7 Å². The van der Waals surface area contributed by atoms with E-state index in [1.54, 1.807) is 12.1 Å². The summed E-state index contributed by atoms with van der Waals surface area (Å²) in [6.45, 7) is 1.17. The van der Waals surface area contributed by atoms with E-state index in [-0.39, 0.29) is 18.1 Å². The first kappa shape index (κ1) is 20.3. The van der Waals surface area contributed by atoms with Gasteiger partial charge in [-0.1, -0.05) is 24.3 Å². The van der Waals surface area contributed by atoms with Crippen molar-refractivity contribution in [3.63, 3.8) is 0 Å². The molecule has 8 nitrogen and oxygen atoms in total. The van der Waals surface area contributed by atoms with Crippen LogP contribution in [0.15, 0.2) is 48.5 Å². The summed E-state index contributed by atoms with van der Waals surface area (Å²) >= 11 is 0. The molecule has 1 heterocycles. The summed E-state index contributed by atoms with van der Waals surface area (Å²) in [6, 6.07) is 13.7. The first-order valence-electron chi connectivity index (χ1n) is 9.03. The molecule has 0 fully saturated rings. The number of ether oxygens (including phenoxy) is 2. The molecule has 0 saturated carbocycles. The number of anilines is 1. The normalized spacial score (nSPS) is 16.8. The lowest BCUT2D eigenvalue weighted by molar-refractivity contribution is -0.145. The van der Waals surface area contributed by atoms with E-state index in [9.17, 15) is 19.5 Å². The van der Waals surface area contributed by atoms with Gasteiger partial charge < -0.3 is 25.2 Å². The Morgan fingerprint density at radius 3 is 2.66 bits per heavy atom. The topological polar surface area (TPSA) is 114 Å². The molecule has 2 unspecified atom stereocenters. The molecule has 152 valence electrons. The number of hydrogen-bond donors (Lipinski definition) is 3. The number of aliphatic carboxylic acids is 1. The van der Waals surface area contributed by atoms with Crippen LogP contribution >= 0.6 is 0 Å². The van der Waals surface area contributed by atoms with Crippen molar-refractivity contribution in [1.29, 1.82) is 0 Å². The van der Waals surface area contributed by atoms with Gasteiger partial charge in [-0.3, -0.25) is 9.59 Å². The van der Waals surface area contributed by atoms with Crippen LogP contribution in [0.1, 0.15) is 22.8 Å². The van der Waals surface area contributed by atoms with Gasteiger partial charge in [-0.15, -0.1) is 0 Å². The lowest BCUT2D eigenvalue weighted by atomic mass is 10.0. The van der Waals surface area contributed by atoms with E-state index in [2.05, 4.69) is 10.6 Å². The van der Waals surface area contributed by atoms with E-state index in [0.29, 0.717) is 17.9 Å². The van der Waals surface area contributed by atoms with Crippen molar-refractivity contribution in [1.82, 2.24) is 5.32 Å². The van der Waals surface area contributed by atoms with Crippen molar-refractivity contribution in [2.45, 2.75) is 25.0 Å². The van der Waals surface area contributed by atoms with E-state index in [0.717, 1.165) is 5.56 Å². The average molecular weight is 398 g/mol. The number of carbonyl (C=O) groups is 3. The predicted molar refractivity (Wildman–Crippen MR) is 105 cm³/mol. The molecule has 2 aromatic carbocycles. The molecule has 2 amide bonds. The Hall–Kier alpha value is -3.39. The van der Waals surface area contributed by atoms with Crippen molar-refractivity contribution in [2.75, 3.05) is 19.0 Å². The van der Waals surface area contributed by atoms with Gasteiger partial charge in [0.2, 0.25) is 0 Å². The van der Waals surface area contributed by atoms with Crippen LogP contribution in [0.5, 0.6) is 5.75 Å². The first-order valence-corrected chi connectivity index (χ1v) is 9.03. The van der Waals surface area contributed by atoms with Crippen molar-refractivity contribution in [3.8, 4) is 5.75 Å². The molecule has 29 heavy (non-hydrogen) atoms. The minimum absolute atomic E-state index is 0.190. The minimum atomic E-state index is -1.57. The third-order valence-electron chi connectivity index (χ3n) is 4.63. The van der Waals surface area contributed by atoms with Crippen molar-refractivity contribution in [2.24, 2.45) is 0 Å². The van der Waals surface area contributed by atoms with Crippen molar-refractivity contribution >= 4 is 23.5 Å². The van der Waals surface area contributed by atoms with Gasteiger partial charge in [0.15, 0.2) is 11.6 Å². The summed E-state index contributed by atoms with van der Waals surface area (Å²) in [6.07, 6.45) is -0.183. The highest BCUT2D eigenvalue weighted by Crippen LogP contribution is 2.28. The number of hydrogen-bond acceptors (Lipinski definition) is 5. The largest absolute Gasteiger partial charge is 0.480 e. The number of para-hydroxylation sites is 1. The van der Waals surface area contributed by atoms with Crippen LogP contribution in [0.2, 0.25) is 0 Å². The number of carboxylic acids is 1. The van der Waals surface area contributed by atoms with Crippen LogP contribution in [-0.4, -0.2) is 48.2 Å². The highest BCUT2D eigenvalue weighted by molar-refractivity contribution is 6.00. The molecule has 2 atom stereocenters. The van der Waals surface area contributed by atoms with Gasteiger partial charge in [0.05, 0.1) is 6.61 Å². The smallest absolute Gasteiger partial charge is 0.331 e. The second-order valence-electron chi connectivity index (χ2n) is 7.01. The molecule has 0 saturated heterocycles. The molecule has 1 aliphatic heterocycles. The molecule has 0 spiro atoms. The van der Waals surface area contributed by atoms with E-state index in [4.69, 9.17) is 9.47 Å². The standard InChI is InChI=1S/C21H22N2O6/c1-21(12-28-2,20(26)27)23-18(24)14-7-5-8-15(10-14)22-19(25)17-11-13-6-3-4-9-16(13)29-17/h3-10,17H,11-12H2,1-2H3,(H,22,25)(H,23,24)(H,26,27). The van der Waals surface area contributed by atoms with Gasteiger partial charge in [-0.05, 0) is 36.8 Å². The van der Waals surface area contributed by atoms with Gasteiger partial charge in [-0.25, -0.2) is 4.79 Å². The number of benzene rings is 2. The summed E-state index contributed by atoms with van der Waals surface area (Å²) in [4.78, 5) is 36.5. The third-order valence-corrected chi connectivity index (χ3v) is 4.63. The summed E-state index contributed by atoms with van der Waals surface area (Å²) in [5.41, 5.74) is 0.00835. The predicted octanol–water partition coefficient (Wildman–Crippen LogP) is 1.85. The molecule has 3 rings (SSSR count). The van der Waals surface area contributed by atoms with E-state index < -0.39 is 23.5 Å². The Balaban J connectivity index is 1.67. The molecular weight excluding hydrogens is 376 g/mol. The molecule has 0 radical (unpaired) electrons. The zero-order valence-electron chi connectivity index (χ0n) is 16.1. The molecule has 0 aliphatic carbocycles. The number of nitrogens with one attached hydrogen (secondary N) is 2. The number of carboxylic acid groups (broad SMARTS) is 1. The Kier molecular flexibility index (Phi) is 5.84. The van der Waals surface area contributed by atoms with E-state index >= 15 is 0 Å².